The summed E-state index contributed by atoms with van der Waals surface area (Å²) in [4.78, 5) is 8.99. The fraction of sp³-hybridized carbons (Fsp3) is 0.100. The maximum absolute atomic E-state index is 8.83. The first-order valence-corrected chi connectivity index (χ1v) is 5.06. The van der Waals surface area contributed by atoms with Gasteiger partial charge in [-0.3, -0.25) is 0 Å². The molecule has 0 N–H and O–H groups in total. The Morgan fingerprint density at radius 3 is 2.87 bits per heavy atom. The molecular weight excluding hydrogens is 210 g/mol. The number of rotatable bonds is 2. The summed E-state index contributed by atoms with van der Waals surface area (Å²) in [5.74, 6) is 0.814. The van der Waals surface area contributed by atoms with Gasteiger partial charge in [-0.05, 0) is 13.0 Å². The molecule has 0 radical (unpaired) electrons. The van der Waals surface area contributed by atoms with Gasteiger partial charge >= 0.3 is 0 Å². The zero-order valence-corrected chi connectivity index (χ0v) is 8.78. The van der Waals surface area contributed by atoms with Crippen molar-refractivity contribution in [3.05, 3.63) is 36.2 Å². The fourth-order valence-corrected chi connectivity index (χ4v) is 1.89. The van der Waals surface area contributed by atoms with Crippen molar-refractivity contribution in [3.8, 4) is 6.07 Å². The Kier molecular flexibility index (Phi) is 2.70. The summed E-state index contributed by atoms with van der Waals surface area (Å²) in [7, 11) is 0. The second-order valence-electron chi connectivity index (χ2n) is 2.77. The van der Waals surface area contributed by atoms with Crippen LogP contribution in [0.3, 0.4) is 0 Å². The summed E-state index contributed by atoms with van der Waals surface area (Å²) >= 11 is 1.38. The lowest BCUT2D eigenvalue weighted by Gasteiger charge is -1.99. The van der Waals surface area contributed by atoms with Crippen LogP contribution in [0.15, 0.2) is 39.1 Å². The van der Waals surface area contributed by atoms with Gasteiger partial charge in [-0.15, -0.1) is 0 Å². The fourth-order valence-electron chi connectivity index (χ4n) is 1.06. The summed E-state index contributed by atoms with van der Waals surface area (Å²) in [6, 6.07) is 3.85. The molecule has 0 saturated heterocycles. The van der Waals surface area contributed by atoms with Gasteiger partial charge in [-0.2, -0.15) is 5.26 Å². The van der Waals surface area contributed by atoms with E-state index in [2.05, 4.69) is 9.97 Å². The SMILES string of the molecule is Cc1occc1Sc1nccnc1C#N. The van der Waals surface area contributed by atoms with Gasteiger partial charge in [0.15, 0.2) is 5.69 Å². The van der Waals surface area contributed by atoms with Crippen LogP contribution in [0.25, 0.3) is 0 Å². The molecule has 0 spiro atoms. The van der Waals surface area contributed by atoms with Crippen LogP contribution in [-0.4, -0.2) is 9.97 Å². The molecule has 0 aliphatic heterocycles. The Labute approximate surface area is 91.0 Å². The van der Waals surface area contributed by atoms with E-state index in [1.165, 1.54) is 18.0 Å². The molecule has 0 unspecified atom stereocenters. The van der Waals surface area contributed by atoms with E-state index in [0.29, 0.717) is 10.7 Å². The van der Waals surface area contributed by atoms with Gasteiger partial charge < -0.3 is 4.42 Å². The van der Waals surface area contributed by atoms with Gasteiger partial charge in [0.05, 0.1) is 11.2 Å². The highest BCUT2D eigenvalue weighted by Gasteiger charge is 2.09. The molecular formula is C10H7N3OS. The van der Waals surface area contributed by atoms with Crippen LogP contribution in [0, 0.1) is 18.3 Å². The maximum atomic E-state index is 8.83. The van der Waals surface area contributed by atoms with Gasteiger partial charge in [-0.1, -0.05) is 11.8 Å². The summed E-state index contributed by atoms with van der Waals surface area (Å²) in [6.45, 7) is 1.87. The van der Waals surface area contributed by atoms with Gasteiger partial charge in [0.2, 0.25) is 0 Å². The molecule has 74 valence electrons. The number of nitriles is 1. The van der Waals surface area contributed by atoms with Crippen LogP contribution in [-0.2, 0) is 0 Å². The normalized spacial score (nSPS) is 9.87. The van der Waals surface area contributed by atoms with Crippen molar-refractivity contribution < 1.29 is 4.42 Å². The molecule has 0 atom stereocenters. The van der Waals surface area contributed by atoms with Crippen molar-refractivity contribution in [1.82, 2.24) is 9.97 Å². The minimum absolute atomic E-state index is 0.336. The van der Waals surface area contributed by atoms with E-state index in [1.54, 1.807) is 12.5 Å². The number of hydrogen-bond acceptors (Lipinski definition) is 5. The van der Waals surface area contributed by atoms with Crippen molar-refractivity contribution in [1.29, 1.82) is 5.26 Å². The molecule has 2 heterocycles. The monoisotopic (exact) mass is 217 g/mol. The predicted octanol–water partition coefficient (Wildman–Crippen LogP) is 2.40. The molecule has 0 aliphatic carbocycles. The smallest absolute Gasteiger partial charge is 0.173 e. The minimum Gasteiger partial charge on any atom is -0.468 e. The average Bonchev–Trinajstić information content (AvgIpc) is 2.65. The lowest BCUT2D eigenvalue weighted by molar-refractivity contribution is 0.527. The van der Waals surface area contributed by atoms with Gasteiger partial charge in [0.1, 0.15) is 16.9 Å². The third-order valence-electron chi connectivity index (χ3n) is 1.79. The van der Waals surface area contributed by atoms with Crippen LogP contribution < -0.4 is 0 Å². The lowest BCUT2D eigenvalue weighted by atomic mass is 10.5. The van der Waals surface area contributed by atoms with Crippen LogP contribution in [0.4, 0.5) is 0 Å². The molecule has 2 rings (SSSR count). The molecule has 0 aromatic carbocycles. The molecule has 0 amide bonds. The topological polar surface area (TPSA) is 62.7 Å². The molecule has 2 aromatic heterocycles. The Bertz CT molecular complexity index is 515. The van der Waals surface area contributed by atoms with E-state index in [4.69, 9.17) is 9.68 Å². The van der Waals surface area contributed by atoms with Gasteiger partial charge in [0, 0.05) is 12.4 Å². The molecule has 0 bridgehead atoms. The number of nitrogens with zero attached hydrogens (tertiary/aromatic N) is 3. The third-order valence-corrected chi connectivity index (χ3v) is 2.92. The van der Waals surface area contributed by atoms with Crippen molar-refractivity contribution in [3.63, 3.8) is 0 Å². The first-order valence-electron chi connectivity index (χ1n) is 4.24. The first-order chi connectivity index (χ1) is 7.31. The Balaban J connectivity index is 2.33. The molecule has 0 aliphatic rings. The van der Waals surface area contributed by atoms with Crippen molar-refractivity contribution in [2.45, 2.75) is 16.8 Å². The second-order valence-corrected chi connectivity index (χ2v) is 3.80. The average molecular weight is 217 g/mol. The molecule has 2 aromatic rings. The molecule has 4 nitrogen and oxygen atoms in total. The highest BCUT2D eigenvalue weighted by molar-refractivity contribution is 7.99. The number of aryl methyl sites for hydroxylation is 1. The summed E-state index contributed by atoms with van der Waals surface area (Å²) in [5, 5.41) is 9.43. The molecule has 15 heavy (non-hydrogen) atoms. The molecule has 0 fully saturated rings. The van der Waals surface area contributed by atoms with E-state index in [1.807, 2.05) is 19.1 Å². The van der Waals surface area contributed by atoms with E-state index in [9.17, 15) is 0 Å². The molecule has 5 heteroatoms. The maximum Gasteiger partial charge on any atom is 0.173 e. The van der Waals surface area contributed by atoms with E-state index in [0.717, 1.165) is 10.7 Å². The van der Waals surface area contributed by atoms with E-state index >= 15 is 0 Å². The van der Waals surface area contributed by atoms with Gasteiger partial charge in [0.25, 0.3) is 0 Å². The zero-order chi connectivity index (χ0) is 10.7. The summed E-state index contributed by atoms with van der Waals surface area (Å²) in [5.41, 5.74) is 0.336. The molecule has 0 saturated carbocycles. The van der Waals surface area contributed by atoms with Crippen LogP contribution in [0.1, 0.15) is 11.5 Å². The van der Waals surface area contributed by atoms with Crippen molar-refractivity contribution >= 4 is 11.8 Å². The van der Waals surface area contributed by atoms with Crippen molar-refractivity contribution in [2.75, 3.05) is 0 Å². The van der Waals surface area contributed by atoms with E-state index in [-0.39, 0.29) is 0 Å². The Hall–Kier alpha value is -1.80. The zero-order valence-electron chi connectivity index (χ0n) is 7.97. The Morgan fingerprint density at radius 1 is 1.40 bits per heavy atom. The number of furan rings is 1. The van der Waals surface area contributed by atoms with Crippen LogP contribution in [0.2, 0.25) is 0 Å². The minimum atomic E-state index is 0.336. The van der Waals surface area contributed by atoms with Crippen LogP contribution >= 0.6 is 11.8 Å². The largest absolute Gasteiger partial charge is 0.468 e. The second kappa shape index (κ2) is 4.15. The lowest BCUT2D eigenvalue weighted by Crippen LogP contribution is -1.89. The van der Waals surface area contributed by atoms with Crippen molar-refractivity contribution in [2.24, 2.45) is 0 Å². The van der Waals surface area contributed by atoms with E-state index < -0.39 is 0 Å². The standard InChI is InChI=1S/C10H7N3OS/c1-7-9(2-5-14-7)15-10-8(6-11)12-3-4-13-10/h2-5H,1H3. The predicted molar refractivity (Wildman–Crippen MR) is 54.3 cm³/mol. The quantitative estimate of drug-likeness (QED) is 0.772. The Morgan fingerprint density at radius 2 is 2.20 bits per heavy atom. The highest BCUT2D eigenvalue weighted by Crippen LogP contribution is 2.30. The summed E-state index contributed by atoms with van der Waals surface area (Å²) in [6.07, 6.45) is 4.68. The number of aromatic nitrogens is 2. The van der Waals surface area contributed by atoms with Crippen LogP contribution in [0.5, 0.6) is 0 Å². The third kappa shape index (κ3) is 2.00. The highest BCUT2D eigenvalue weighted by atomic mass is 32.2. The van der Waals surface area contributed by atoms with Gasteiger partial charge in [-0.25, -0.2) is 9.97 Å². The summed E-state index contributed by atoms with van der Waals surface area (Å²) < 4.78 is 5.16. The number of hydrogen-bond donors (Lipinski definition) is 0. The first kappa shape index (κ1) is 9.74.